The topological polar surface area (TPSA) is 75.7 Å². The highest BCUT2D eigenvalue weighted by atomic mass is 32.2. The summed E-state index contributed by atoms with van der Waals surface area (Å²) in [5.41, 5.74) is 1.47. The Hall–Kier alpha value is -1.76. The smallest absolute Gasteiger partial charge is 0.232 e. The summed E-state index contributed by atoms with van der Waals surface area (Å²) in [4.78, 5) is 12.1. The van der Waals surface area contributed by atoms with Crippen LogP contribution in [-0.4, -0.2) is 40.8 Å². The zero-order valence-corrected chi connectivity index (χ0v) is 17.5. The van der Waals surface area contributed by atoms with Crippen LogP contribution in [0, 0.1) is 12.8 Å². The van der Waals surface area contributed by atoms with Crippen LogP contribution in [0.4, 0.5) is 5.69 Å². The number of carbonyl (C=O) groups is 1. The summed E-state index contributed by atoms with van der Waals surface area (Å²) < 4.78 is 31.2. The Bertz CT molecular complexity index is 727. The van der Waals surface area contributed by atoms with Crippen molar-refractivity contribution < 1.29 is 17.9 Å². The molecule has 0 spiro atoms. The third-order valence-corrected chi connectivity index (χ3v) is 6.26. The molecule has 1 saturated carbocycles. The molecule has 1 fully saturated rings. The van der Waals surface area contributed by atoms with Crippen LogP contribution < -0.4 is 14.4 Å². The second-order valence-corrected chi connectivity index (χ2v) is 9.33. The number of sulfonamides is 1. The Morgan fingerprint density at radius 2 is 1.96 bits per heavy atom. The van der Waals surface area contributed by atoms with Gasteiger partial charge in [-0.15, -0.1) is 0 Å². The summed E-state index contributed by atoms with van der Waals surface area (Å²) in [6.07, 6.45) is 8.13. The van der Waals surface area contributed by atoms with Gasteiger partial charge in [-0.25, -0.2) is 8.42 Å². The first-order valence-corrected chi connectivity index (χ1v) is 11.5. The number of rotatable bonds is 9. The van der Waals surface area contributed by atoms with Crippen LogP contribution in [-0.2, 0) is 14.8 Å². The minimum absolute atomic E-state index is 0.00904. The highest BCUT2D eigenvalue weighted by Crippen LogP contribution is 2.31. The number of carbonyl (C=O) groups excluding carboxylic acids is 1. The van der Waals surface area contributed by atoms with Gasteiger partial charge < -0.3 is 10.1 Å². The SMILES string of the molecule is COc1ccc(C)cc1N(CCCC(=O)NCC1CCCCC1)S(C)(=O)=O. The highest BCUT2D eigenvalue weighted by Gasteiger charge is 2.21. The number of nitrogens with zero attached hydrogens (tertiary/aromatic N) is 1. The summed E-state index contributed by atoms with van der Waals surface area (Å²) in [6.45, 7) is 2.89. The van der Waals surface area contributed by atoms with Gasteiger partial charge in [0.25, 0.3) is 0 Å². The number of hydrogen-bond acceptors (Lipinski definition) is 4. The molecule has 0 unspecified atom stereocenters. The minimum atomic E-state index is -3.47. The monoisotopic (exact) mass is 396 g/mol. The molecular weight excluding hydrogens is 364 g/mol. The number of amides is 1. The number of benzene rings is 1. The van der Waals surface area contributed by atoms with Gasteiger partial charge in [0.05, 0.1) is 19.1 Å². The van der Waals surface area contributed by atoms with E-state index in [1.54, 1.807) is 12.1 Å². The van der Waals surface area contributed by atoms with Crippen LogP contribution in [0.3, 0.4) is 0 Å². The Morgan fingerprint density at radius 3 is 2.59 bits per heavy atom. The van der Waals surface area contributed by atoms with Gasteiger partial charge in [-0.3, -0.25) is 9.10 Å². The summed E-state index contributed by atoms with van der Waals surface area (Å²) in [6, 6.07) is 5.43. The van der Waals surface area contributed by atoms with Crippen LogP contribution in [0.1, 0.15) is 50.5 Å². The molecule has 0 aliphatic heterocycles. The molecule has 2 rings (SSSR count). The molecule has 1 N–H and O–H groups in total. The van der Waals surface area contributed by atoms with Crippen LogP contribution in [0.5, 0.6) is 5.75 Å². The predicted molar refractivity (Wildman–Crippen MR) is 109 cm³/mol. The average molecular weight is 397 g/mol. The number of nitrogens with one attached hydrogen (secondary N) is 1. The van der Waals surface area contributed by atoms with Gasteiger partial charge in [-0.1, -0.05) is 25.3 Å². The molecule has 0 radical (unpaired) electrons. The van der Waals surface area contributed by atoms with Gasteiger partial charge in [0.15, 0.2) is 0 Å². The van der Waals surface area contributed by atoms with Crippen molar-refractivity contribution in [2.45, 2.75) is 51.9 Å². The molecule has 0 atom stereocenters. The van der Waals surface area contributed by atoms with Gasteiger partial charge >= 0.3 is 0 Å². The van der Waals surface area contributed by atoms with E-state index in [1.807, 2.05) is 13.0 Å². The Kier molecular flexibility index (Phi) is 7.95. The molecule has 1 aliphatic carbocycles. The van der Waals surface area contributed by atoms with Crippen LogP contribution in [0.15, 0.2) is 18.2 Å². The largest absolute Gasteiger partial charge is 0.495 e. The zero-order chi connectivity index (χ0) is 19.9. The van der Waals surface area contributed by atoms with Crippen molar-refractivity contribution in [2.24, 2.45) is 5.92 Å². The molecule has 0 aromatic heterocycles. The molecule has 0 heterocycles. The van der Waals surface area contributed by atoms with Crippen molar-refractivity contribution in [3.63, 3.8) is 0 Å². The molecule has 1 aliphatic rings. The lowest BCUT2D eigenvalue weighted by atomic mass is 9.89. The van der Waals surface area contributed by atoms with Gasteiger partial charge in [0.2, 0.25) is 15.9 Å². The number of aryl methyl sites for hydroxylation is 1. The van der Waals surface area contributed by atoms with Crippen LogP contribution >= 0.6 is 0 Å². The van der Waals surface area contributed by atoms with Gasteiger partial charge in [0.1, 0.15) is 5.75 Å². The first-order valence-electron chi connectivity index (χ1n) is 9.70. The van der Waals surface area contributed by atoms with Crippen molar-refractivity contribution >= 4 is 21.6 Å². The lowest BCUT2D eigenvalue weighted by molar-refractivity contribution is -0.121. The molecule has 7 heteroatoms. The molecule has 1 amide bonds. The molecule has 0 saturated heterocycles. The lowest BCUT2D eigenvalue weighted by Crippen LogP contribution is -2.33. The maximum absolute atomic E-state index is 12.3. The fourth-order valence-corrected chi connectivity index (χ4v) is 4.54. The second-order valence-electron chi connectivity index (χ2n) is 7.42. The van der Waals surface area contributed by atoms with E-state index in [-0.39, 0.29) is 12.5 Å². The summed E-state index contributed by atoms with van der Waals surface area (Å²) in [5, 5.41) is 3.00. The van der Waals surface area contributed by atoms with Crippen molar-refractivity contribution in [2.75, 3.05) is 30.8 Å². The number of hydrogen-bond donors (Lipinski definition) is 1. The van der Waals surface area contributed by atoms with E-state index in [1.165, 1.54) is 49.8 Å². The first-order chi connectivity index (χ1) is 12.8. The Morgan fingerprint density at radius 1 is 1.26 bits per heavy atom. The molecule has 27 heavy (non-hydrogen) atoms. The van der Waals surface area contributed by atoms with Crippen molar-refractivity contribution in [3.8, 4) is 5.75 Å². The summed E-state index contributed by atoms with van der Waals surface area (Å²) in [5.74, 6) is 1.09. The number of ether oxygens (including phenoxy) is 1. The third kappa shape index (κ3) is 6.72. The number of anilines is 1. The number of methoxy groups -OCH3 is 1. The van der Waals surface area contributed by atoms with Gasteiger partial charge in [-0.2, -0.15) is 0 Å². The Labute approximate surface area is 163 Å². The fourth-order valence-electron chi connectivity index (χ4n) is 3.58. The Balaban J connectivity index is 1.92. The van der Waals surface area contributed by atoms with Crippen molar-refractivity contribution in [3.05, 3.63) is 23.8 Å². The summed E-state index contributed by atoms with van der Waals surface area (Å²) >= 11 is 0. The molecular formula is C20H32N2O4S. The molecule has 0 bridgehead atoms. The average Bonchev–Trinajstić information content (AvgIpc) is 2.63. The van der Waals surface area contributed by atoms with Crippen LogP contribution in [0.2, 0.25) is 0 Å². The highest BCUT2D eigenvalue weighted by molar-refractivity contribution is 7.92. The zero-order valence-electron chi connectivity index (χ0n) is 16.7. The van der Waals surface area contributed by atoms with E-state index in [4.69, 9.17) is 4.74 Å². The molecule has 1 aromatic rings. The maximum atomic E-state index is 12.3. The van der Waals surface area contributed by atoms with E-state index in [0.717, 1.165) is 12.1 Å². The van der Waals surface area contributed by atoms with E-state index in [2.05, 4.69) is 5.32 Å². The molecule has 6 nitrogen and oxygen atoms in total. The normalized spacial score (nSPS) is 15.4. The molecule has 1 aromatic carbocycles. The second kappa shape index (κ2) is 9.97. The maximum Gasteiger partial charge on any atom is 0.232 e. The van der Waals surface area contributed by atoms with E-state index in [0.29, 0.717) is 30.2 Å². The standard InChI is InChI=1S/C20H32N2O4S/c1-16-11-12-19(26-2)18(14-16)22(27(3,24)25)13-7-10-20(23)21-15-17-8-5-4-6-9-17/h11-12,14,17H,4-10,13,15H2,1-3H3,(H,21,23). The third-order valence-electron chi connectivity index (χ3n) is 5.08. The van der Waals surface area contributed by atoms with Crippen molar-refractivity contribution in [1.82, 2.24) is 5.32 Å². The quantitative estimate of drug-likeness (QED) is 0.695. The van der Waals surface area contributed by atoms with Gasteiger partial charge in [-0.05, 0) is 49.8 Å². The fraction of sp³-hybridized carbons (Fsp3) is 0.650. The summed E-state index contributed by atoms with van der Waals surface area (Å²) in [7, 11) is -1.95. The van der Waals surface area contributed by atoms with E-state index >= 15 is 0 Å². The molecule has 152 valence electrons. The predicted octanol–water partition coefficient (Wildman–Crippen LogP) is 3.25. The lowest BCUT2D eigenvalue weighted by Gasteiger charge is -2.25. The van der Waals surface area contributed by atoms with Crippen LogP contribution in [0.25, 0.3) is 0 Å². The van der Waals surface area contributed by atoms with E-state index < -0.39 is 10.0 Å². The first kappa shape index (κ1) is 21.5. The van der Waals surface area contributed by atoms with Gasteiger partial charge in [0, 0.05) is 19.5 Å². The van der Waals surface area contributed by atoms with E-state index in [9.17, 15) is 13.2 Å². The minimum Gasteiger partial charge on any atom is -0.495 e. The van der Waals surface area contributed by atoms with Crippen molar-refractivity contribution in [1.29, 1.82) is 0 Å².